The maximum absolute atomic E-state index is 2.36. The molecule has 0 radical (unpaired) electrons. The molecule has 0 saturated heterocycles. The highest BCUT2D eigenvalue weighted by molar-refractivity contribution is 7.75. The van der Waals surface area contributed by atoms with Crippen LogP contribution in [0.4, 0.5) is 0 Å². The third kappa shape index (κ3) is 9.20. The molecule has 0 aliphatic rings. The SMILES string of the molecule is CCCC[P+](CCCC)(CCCC)CCCC.Cc1cccc([B-](c2ccccc2)(c2ccccc2)c2ccccc2)c1C. The van der Waals surface area contributed by atoms with Crippen molar-refractivity contribution in [3.05, 3.63) is 120 Å². The molecule has 236 valence electrons. The van der Waals surface area contributed by atoms with Crippen molar-refractivity contribution in [2.75, 3.05) is 24.6 Å². The largest absolute Gasteiger partial charge is 0.195 e. The van der Waals surface area contributed by atoms with Crippen LogP contribution in [0.5, 0.6) is 0 Å². The van der Waals surface area contributed by atoms with Gasteiger partial charge in [-0.05, 0) is 39.5 Å². The van der Waals surface area contributed by atoms with Gasteiger partial charge in [-0.1, -0.05) is 174 Å². The van der Waals surface area contributed by atoms with Crippen LogP contribution in [-0.4, -0.2) is 30.8 Å². The fraction of sp³-hybridized carbons (Fsp3) is 0.429. The average molecular weight is 607 g/mol. The molecule has 4 aromatic rings. The van der Waals surface area contributed by atoms with Crippen LogP contribution in [0.2, 0.25) is 0 Å². The number of hydrogen-bond acceptors (Lipinski definition) is 0. The second kappa shape index (κ2) is 19.0. The molecule has 0 fully saturated rings. The van der Waals surface area contributed by atoms with Crippen molar-refractivity contribution in [3.8, 4) is 0 Å². The number of unbranched alkanes of at least 4 members (excludes halogenated alkanes) is 4. The summed E-state index contributed by atoms with van der Waals surface area (Å²) in [7, 11) is -0.562. The molecular weight excluding hydrogens is 546 g/mol. The van der Waals surface area contributed by atoms with Crippen LogP contribution < -0.4 is 21.9 Å². The fourth-order valence-corrected chi connectivity index (χ4v) is 12.5. The first-order valence-corrected chi connectivity index (χ1v) is 20.3. The van der Waals surface area contributed by atoms with Gasteiger partial charge in [0.2, 0.25) is 0 Å². The molecule has 0 unspecified atom stereocenters. The van der Waals surface area contributed by atoms with Gasteiger partial charge in [-0.2, -0.15) is 21.9 Å². The van der Waals surface area contributed by atoms with Gasteiger partial charge >= 0.3 is 0 Å². The number of aryl methyl sites for hydroxylation is 1. The van der Waals surface area contributed by atoms with E-state index >= 15 is 0 Å². The summed E-state index contributed by atoms with van der Waals surface area (Å²) in [6.45, 7) is 13.9. The highest BCUT2D eigenvalue weighted by atomic mass is 31.2. The van der Waals surface area contributed by atoms with Gasteiger partial charge < -0.3 is 0 Å². The highest BCUT2D eigenvalue weighted by Gasteiger charge is 2.34. The molecule has 2 heteroatoms. The Morgan fingerprint density at radius 3 is 1.09 bits per heavy atom. The summed E-state index contributed by atoms with van der Waals surface area (Å²) >= 11 is 0. The maximum Gasteiger partial charge on any atom is 0.108 e. The first-order valence-electron chi connectivity index (χ1n) is 17.7. The molecule has 0 aliphatic carbocycles. The molecule has 0 aromatic heterocycles. The number of benzene rings is 4. The van der Waals surface area contributed by atoms with E-state index in [-0.39, 0.29) is 0 Å². The second-order valence-corrected chi connectivity index (χ2v) is 17.5. The summed E-state index contributed by atoms with van der Waals surface area (Å²) in [4.78, 5) is 0. The monoisotopic (exact) mass is 606 g/mol. The predicted octanol–water partition coefficient (Wildman–Crippen LogP) is 9.89. The molecule has 0 amide bonds. The van der Waals surface area contributed by atoms with Crippen molar-refractivity contribution in [1.29, 1.82) is 0 Å². The Morgan fingerprint density at radius 1 is 0.432 bits per heavy atom. The minimum Gasteiger partial charge on any atom is -0.195 e. The lowest BCUT2D eigenvalue weighted by atomic mass is 9.12. The van der Waals surface area contributed by atoms with Gasteiger partial charge in [-0.15, -0.1) is 0 Å². The van der Waals surface area contributed by atoms with Gasteiger partial charge in [-0.25, -0.2) is 0 Å². The second-order valence-electron chi connectivity index (χ2n) is 13.0. The van der Waals surface area contributed by atoms with E-state index in [1.807, 2.05) is 0 Å². The summed E-state index contributed by atoms with van der Waals surface area (Å²) in [5.74, 6) is 0. The molecule has 0 atom stereocenters. The average Bonchev–Trinajstić information content (AvgIpc) is 3.08. The molecular formula is C42H60BP. The molecule has 0 N–H and O–H groups in total. The minimum absolute atomic E-state index is 0.562. The zero-order valence-electron chi connectivity index (χ0n) is 28.9. The topological polar surface area (TPSA) is 0 Å². The molecule has 0 bridgehead atoms. The van der Waals surface area contributed by atoms with E-state index in [9.17, 15) is 0 Å². The maximum atomic E-state index is 2.36. The van der Waals surface area contributed by atoms with Crippen molar-refractivity contribution in [3.63, 3.8) is 0 Å². The van der Waals surface area contributed by atoms with Crippen LogP contribution in [0.15, 0.2) is 109 Å². The van der Waals surface area contributed by atoms with Crippen molar-refractivity contribution >= 4 is 35.3 Å². The van der Waals surface area contributed by atoms with E-state index < -0.39 is 13.4 Å². The summed E-state index contributed by atoms with van der Waals surface area (Å²) in [5, 5.41) is 0. The van der Waals surface area contributed by atoms with E-state index in [0.717, 1.165) is 0 Å². The Bertz CT molecular complexity index is 1180. The van der Waals surface area contributed by atoms with E-state index in [2.05, 4.69) is 151 Å². The molecule has 0 nitrogen and oxygen atoms in total. The summed E-state index contributed by atoms with van der Waals surface area (Å²) in [5.41, 5.74) is 8.16. The van der Waals surface area contributed by atoms with Crippen LogP contribution >= 0.6 is 7.26 Å². The van der Waals surface area contributed by atoms with Crippen LogP contribution in [0.25, 0.3) is 0 Å². The van der Waals surface area contributed by atoms with Gasteiger partial charge in [0.25, 0.3) is 0 Å². The zero-order chi connectivity index (χ0) is 31.7. The fourth-order valence-electron chi connectivity index (χ4n) is 7.23. The molecule has 4 rings (SSSR count). The molecule has 0 aliphatic heterocycles. The van der Waals surface area contributed by atoms with Gasteiger partial charge in [0.05, 0.1) is 24.6 Å². The van der Waals surface area contributed by atoms with Crippen molar-refractivity contribution < 1.29 is 0 Å². The third-order valence-electron chi connectivity index (χ3n) is 9.96. The van der Waals surface area contributed by atoms with Crippen molar-refractivity contribution in [2.45, 2.75) is 92.9 Å². The molecule has 0 saturated carbocycles. The molecule has 4 aromatic carbocycles. The quantitative estimate of drug-likeness (QED) is 0.0880. The predicted molar refractivity (Wildman–Crippen MR) is 206 cm³/mol. The lowest BCUT2D eigenvalue weighted by molar-refractivity contribution is 0.814. The lowest BCUT2D eigenvalue weighted by Gasteiger charge is -2.45. The zero-order valence-corrected chi connectivity index (χ0v) is 29.8. The Balaban J connectivity index is 0.000000271. The van der Waals surface area contributed by atoms with Crippen LogP contribution in [-0.2, 0) is 0 Å². The Hall–Kier alpha value is -2.63. The third-order valence-corrected chi connectivity index (χ3v) is 15.0. The van der Waals surface area contributed by atoms with Crippen LogP contribution in [0.3, 0.4) is 0 Å². The van der Waals surface area contributed by atoms with Crippen LogP contribution in [0, 0.1) is 13.8 Å². The Morgan fingerprint density at radius 2 is 0.773 bits per heavy atom. The van der Waals surface area contributed by atoms with Gasteiger partial charge in [0.15, 0.2) is 0 Å². The number of hydrogen-bond donors (Lipinski definition) is 0. The Labute approximate surface area is 272 Å². The van der Waals surface area contributed by atoms with Crippen LogP contribution in [0.1, 0.15) is 90.2 Å². The van der Waals surface area contributed by atoms with E-state index in [1.54, 1.807) is 24.6 Å². The van der Waals surface area contributed by atoms with Gasteiger partial charge in [0.1, 0.15) is 6.15 Å². The molecule has 0 heterocycles. The minimum atomic E-state index is -1.26. The highest BCUT2D eigenvalue weighted by Crippen LogP contribution is 2.61. The summed E-state index contributed by atoms with van der Waals surface area (Å²) in [6.07, 6.45) is 16.7. The molecule has 0 spiro atoms. The number of rotatable bonds is 16. The normalized spacial score (nSPS) is 11.6. The van der Waals surface area contributed by atoms with Gasteiger partial charge in [-0.3, -0.25) is 0 Å². The standard InChI is InChI=1S/C26H24B.C16H36P/c1-21-13-12-20-26(22(21)2)27(23-14-6-3-7-15-23,24-16-8-4-9-17-24)25-18-10-5-11-19-25;1-5-9-13-17(14-10-6-2,15-11-7-3)16-12-8-4/h3-20H,1-2H3;5-16H2,1-4H3/q-1;+1. The van der Waals surface area contributed by atoms with E-state index in [0.29, 0.717) is 0 Å². The first kappa shape index (κ1) is 35.8. The van der Waals surface area contributed by atoms with Gasteiger partial charge in [0, 0.05) is 7.26 Å². The Kier molecular flexibility index (Phi) is 15.5. The van der Waals surface area contributed by atoms with E-state index in [4.69, 9.17) is 0 Å². The van der Waals surface area contributed by atoms with Crippen molar-refractivity contribution in [1.82, 2.24) is 0 Å². The van der Waals surface area contributed by atoms with Crippen molar-refractivity contribution in [2.24, 2.45) is 0 Å². The summed E-state index contributed by atoms with van der Waals surface area (Å²) < 4.78 is 0. The lowest BCUT2D eigenvalue weighted by Crippen LogP contribution is -2.75. The van der Waals surface area contributed by atoms with E-state index in [1.165, 1.54) is 84.3 Å². The first-order chi connectivity index (χ1) is 21.5. The smallest absolute Gasteiger partial charge is 0.108 e. The molecule has 44 heavy (non-hydrogen) atoms. The summed E-state index contributed by atoms with van der Waals surface area (Å²) in [6, 6.07) is 39.6.